The maximum atomic E-state index is 12.1. The number of aromatic nitrogens is 4. The standard InChI is InChI=1S/C22H20N6O/c1-15-24-21(19-14-23-28(22(19)25-15)17-8-3-2-4-9-17)26-16-7-5-10-18(13-16)27-12-6-11-20(27)29/h2-5,7-10,13-14H,6,11-12H2,1H3,(H,24,25,26). The Bertz CT molecular complexity index is 1200. The van der Waals surface area contributed by atoms with E-state index in [0.717, 1.165) is 41.1 Å². The highest BCUT2D eigenvalue weighted by Crippen LogP contribution is 2.29. The number of nitrogens with zero attached hydrogens (tertiary/aromatic N) is 5. The minimum Gasteiger partial charge on any atom is -0.339 e. The van der Waals surface area contributed by atoms with Crippen molar-refractivity contribution in [3.05, 3.63) is 66.6 Å². The third kappa shape index (κ3) is 3.20. The highest BCUT2D eigenvalue weighted by Gasteiger charge is 2.22. The van der Waals surface area contributed by atoms with E-state index in [9.17, 15) is 4.79 Å². The summed E-state index contributed by atoms with van der Waals surface area (Å²) in [7, 11) is 0. The summed E-state index contributed by atoms with van der Waals surface area (Å²) in [5.41, 5.74) is 3.46. The summed E-state index contributed by atoms with van der Waals surface area (Å²) < 4.78 is 1.81. The minimum atomic E-state index is 0.173. The van der Waals surface area contributed by atoms with Crippen molar-refractivity contribution >= 4 is 34.1 Å². The van der Waals surface area contributed by atoms with E-state index in [1.54, 1.807) is 6.20 Å². The molecule has 0 radical (unpaired) electrons. The first-order valence-corrected chi connectivity index (χ1v) is 9.64. The first-order valence-electron chi connectivity index (χ1n) is 9.64. The molecular formula is C22H20N6O. The second-order valence-electron chi connectivity index (χ2n) is 7.07. The Morgan fingerprint density at radius 1 is 1.00 bits per heavy atom. The first-order chi connectivity index (χ1) is 14.2. The SMILES string of the molecule is Cc1nc(Nc2cccc(N3CCCC3=O)c2)c2cnn(-c3ccccc3)c2n1. The smallest absolute Gasteiger partial charge is 0.227 e. The summed E-state index contributed by atoms with van der Waals surface area (Å²) >= 11 is 0. The molecule has 29 heavy (non-hydrogen) atoms. The zero-order valence-corrected chi connectivity index (χ0v) is 16.0. The van der Waals surface area contributed by atoms with Gasteiger partial charge in [0.2, 0.25) is 5.91 Å². The second kappa shape index (κ2) is 7.01. The fraction of sp³-hybridized carbons (Fsp3) is 0.182. The molecule has 0 bridgehead atoms. The average molecular weight is 384 g/mol. The molecule has 2 aromatic heterocycles. The van der Waals surface area contributed by atoms with Crippen molar-refractivity contribution in [3.8, 4) is 5.69 Å². The summed E-state index contributed by atoms with van der Waals surface area (Å²) in [4.78, 5) is 23.1. The van der Waals surface area contributed by atoms with Gasteiger partial charge in [0.25, 0.3) is 0 Å². The van der Waals surface area contributed by atoms with Gasteiger partial charge in [0.1, 0.15) is 11.6 Å². The first kappa shape index (κ1) is 17.4. The normalized spacial score (nSPS) is 14.0. The lowest BCUT2D eigenvalue weighted by Gasteiger charge is -2.17. The predicted molar refractivity (Wildman–Crippen MR) is 113 cm³/mol. The zero-order chi connectivity index (χ0) is 19.8. The Balaban J connectivity index is 1.53. The number of amides is 1. The van der Waals surface area contributed by atoms with Crippen LogP contribution in [0.3, 0.4) is 0 Å². The molecule has 1 amide bonds. The molecule has 1 fully saturated rings. The molecule has 144 valence electrons. The summed E-state index contributed by atoms with van der Waals surface area (Å²) in [5.74, 6) is 1.52. The van der Waals surface area contributed by atoms with Gasteiger partial charge in [-0.2, -0.15) is 5.10 Å². The number of benzene rings is 2. The van der Waals surface area contributed by atoms with Gasteiger partial charge in [-0.25, -0.2) is 14.6 Å². The number of anilines is 3. The van der Waals surface area contributed by atoms with Crippen molar-refractivity contribution < 1.29 is 4.79 Å². The third-order valence-corrected chi connectivity index (χ3v) is 5.04. The number of carbonyl (C=O) groups is 1. The topological polar surface area (TPSA) is 75.9 Å². The summed E-state index contributed by atoms with van der Waals surface area (Å²) in [6.07, 6.45) is 3.29. The molecule has 3 heterocycles. The van der Waals surface area contributed by atoms with Crippen LogP contribution in [-0.2, 0) is 4.79 Å². The minimum absolute atomic E-state index is 0.173. The fourth-order valence-corrected chi connectivity index (χ4v) is 3.68. The van der Waals surface area contributed by atoms with Crippen molar-refractivity contribution in [3.63, 3.8) is 0 Å². The largest absolute Gasteiger partial charge is 0.339 e. The predicted octanol–water partition coefficient (Wildman–Crippen LogP) is 3.99. The van der Waals surface area contributed by atoms with Crippen LogP contribution in [0.4, 0.5) is 17.2 Å². The van der Waals surface area contributed by atoms with Gasteiger partial charge in [-0.1, -0.05) is 24.3 Å². The summed E-state index contributed by atoms with van der Waals surface area (Å²) in [6.45, 7) is 2.63. The number of aryl methyl sites for hydroxylation is 1. The summed E-state index contributed by atoms with van der Waals surface area (Å²) in [5, 5.41) is 8.74. The number of carbonyl (C=O) groups excluding carboxylic acids is 1. The molecule has 1 saturated heterocycles. The van der Waals surface area contributed by atoms with E-state index in [4.69, 9.17) is 0 Å². The molecule has 4 aromatic rings. The lowest BCUT2D eigenvalue weighted by molar-refractivity contribution is -0.117. The van der Waals surface area contributed by atoms with Crippen molar-refractivity contribution in [2.24, 2.45) is 0 Å². The molecule has 0 spiro atoms. The Hall–Kier alpha value is -3.74. The molecule has 0 unspecified atom stereocenters. The molecule has 1 aliphatic heterocycles. The number of nitrogens with one attached hydrogen (secondary N) is 1. The van der Waals surface area contributed by atoms with E-state index >= 15 is 0 Å². The maximum absolute atomic E-state index is 12.1. The van der Waals surface area contributed by atoms with E-state index in [2.05, 4.69) is 20.4 Å². The second-order valence-corrected chi connectivity index (χ2v) is 7.07. The van der Waals surface area contributed by atoms with Crippen molar-refractivity contribution in [1.82, 2.24) is 19.7 Å². The summed E-state index contributed by atoms with van der Waals surface area (Å²) in [6, 6.07) is 17.8. The monoisotopic (exact) mass is 384 g/mol. The van der Waals surface area contributed by atoms with Crippen LogP contribution < -0.4 is 10.2 Å². The molecule has 0 saturated carbocycles. The number of hydrogen-bond acceptors (Lipinski definition) is 5. The molecule has 0 aliphatic carbocycles. The van der Waals surface area contributed by atoms with Gasteiger partial charge in [-0.15, -0.1) is 0 Å². The average Bonchev–Trinajstić information content (AvgIpc) is 3.35. The van der Waals surface area contributed by atoms with Crippen LogP contribution in [0.5, 0.6) is 0 Å². The number of para-hydroxylation sites is 1. The zero-order valence-electron chi connectivity index (χ0n) is 16.0. The van der Waals surface area contributed by atoms with E-state index in [1.807, 2.05) is 71.1 Å². The third-order valence-electron chi connectivity index (χ3n) is 5.04. The van der Waals surface area contributed by atoms with Crippen molar-refractivity contribution in [2.75, 3.05) is 16.8 Å². The van der Waals surface area contributed by atoms with Crippen LogP contribution in [-0.4, -0.2) is 32.2 Å². The van der Waals surface area contributed by atoms with E-state index in [-0.39, 0.29) is 5.91 Å². The van der Waals surface area contributed by atoms with Gasteiger partial charge in [0, 0.05) is 24.3 Å². The van der Waals surface area contributed by atoms with Gasteiger partial charge in [0.15, 0.2) is 5.65 Å². The molecule has 5 rings (SSSR count). The quantitative estimate of drug-likeness (QED) is 0.576. The van der Waals surface area contributed by atoms with E-state index in [1.165, 1.54) is 0 Å². The Labute approximate surface area is 168 Å². The molecule has 1 N–H and O–H groups in total. The molecule has 7 heteroatoms. The van der Waals surface area contributed by atoms with E-state index in [0.29, 0.717) is 18.1 Å². The lowest BCUT2D eigenvalue weighted by Crippen LogP contribution is -2.23. The van der Waals surface area contributed by atoms with Crippen LogP contribution in [0.1, 0.15) is 18.7 Å². The highest BCUT2D eigenvalue weighted by atomic mass is 16.2. The van der Waals surface area contributed by atoms with Crippen LogP contribution in [0, 0.1) is 6.92 Å². The van der Waals surface area contributed by atoms with Gasteiger partial charge >= 0.3 is 0 Å². The Morgan fingerprint density at radius 3 is 2.62 bits per heavy atom. The molecule has 0 atom stereocenters. The van der Waals surface area contributed by atoms with Gasteiger partial charge in [0.05, 0.1) is 17.3 Å². The Kier molecular flexibility index (Phi) is 4.20. The Morgan fingerprint density at radius 2 is 1.83 bits per heavy atom. The van der Waals surface area contributed by atoms with Crippen LogP contribution in [0.2, 0.25) is 0 Å². The number of fused-ring (bicyclic) bond motifs is 1. The fourth-order valence-electron chi connectivity index (χ4n) is 3.68. The van der Waals surface area contributed by atoms with Gasteiger partial charge < -0.3 is 10.2 Å². The number of rotatable bonds is 4. The van der Waals surface area contributed by atoms with Crippen molar-refractivity contribution in [2.45, 2.75) is 19.8 Å². The number of hydrogen-bond donors (Lipinski definition) is 1. The van der Waals surface area contributed by atoms with Crippen LogP contribution in [0.15, 0.2) is 60.8 Å². The van der Waals surface area contributed by atoms with Gasteiger partial charge in [-0.3, -0.25) is 4.79 Å². The van der Waals surface area contributed by atoms with Crippen LogP contribution in [0.25, 0.3) is 16.7 Å². The molecule has 2 aromatic carbocycles. The molecular weight excluding hydrogens is 364 g/mol. The van der Waals surface area contributed by atoms with Crippen LogP contribution >= 0.6 is 0 Å². The van der Waals surface area contributed by atoms with Crippen molar-refractivity contribution in [1.29, 1.82) is 0 Å². The maximum Gasteiger partial charge on any atom is 0.227 e. The molecule has 7 nitrogen and oxygen atoms in total. The highest BCUT2D eigenvalue weighted by molar-refractivity contribution is 5.96. The van der Waals surface area contributed by atoms with E-state index < -0.39 is 0 Å². The molecule has 1 aliphatic rings. The lowest BCUT2D eigenvalue weighted by atomic mass is 10.2. The van der Waals surface area contributed by atoms with Gasteiger partial charge in [-0.05, 0) is 43.7 Å².